The maximum atomic E-state index is 11.9. The fraction of sp³-hybridized carbons (Fsp3) is 0.667. The van der Waals surface area contributed by atoms with E-state index < -0.39 is 17.7 Å². The van der Waals surface area contributed by atoms with Crippen LogP contribution in [-0.2, 0) is 19.2 Å². The highest BCUT2D eigenvalue weighted by Gasteiger charge is 2.34. The van der Waals surface area contributed by atoms with E-state index in [1.165, 1.54) is 0 Å². The summed E-state index contributed by atoms with van der Waals surface area (Å²) in [5.74, 6) is -1.82. The highest BCUT2D eigenvalue weighted by atomic mass is 16.2. The van der Waals surface area contributed by atoms with Gasteiger partial charge in [-0.25, -0.2) is 0 Å². The predicted octanol–water partition coefficient (Wildman–Crippen LogP) is -1.53. The molecule has 2 atom stereocenters. The van der Waals surface area contributed by atoms with Crippen molar-refractivity contribution in [1.29, 1.82) is 0 Å². The van der Waals surface area contributed by atoms with Crippen LogP contribution in [0.5, 0.6) is 0 Å². The number of carbonyl (C=O) groups is 4. The molecule has 0 bridgehead atoms. The molecule has 0 aromatic rings. The molecule has 3 N–H and O–H groups in total. The summed E-state index contributed by atoms with van der Waals surface area (Å²) < 4.78 is 0. The number of carbonyl (C=O) groups excluding carboxylic acids is 4. The maximum Gasteiger partial charge on any atom is 0.289 e. The van der Waals surface area contributed by atoms with Gasteiger partial charge in [-0.3, -0.25) is 19.2 Å². The molecule has 2 fully saturated rings. The zero-order chi connectivity index (χ0) is 13.8. The Kier molecular flexibility index (Phi) is 4.13. The van der Waals surface area contributed by atoms with E-state index in [2.05, 4.69) is 16.0 Å². The minimum atomic E-state index is -0.926. The van der Waals surface area contributed by atoms with Crippen molar-refractivity contribution < 1.29 is 19.2 Å². The van der Waals surface area contributed by atoms with Gasteiger partial charge in [0.2, 0.25) is 18.1 Å². The average Bonchev–Trinajstić information content (AvgIpc) is 3.11. The number of hydrogen-bond acceptors (Lipinski definition) is 4. The average molecular weight is 267 g/mol. The number of Topliss-reactive ketones (excluding diaryl/α,β-unsaturated/α-hetero) is 1. The highest BCUT2D eigenvalue weighted by Crippen LogP contribution is 2.19. The zero-order valence-electron chi connectivity index (χ0n) is 10.5. The van der Waals surface area contributed by atoms with E-state index in [1.807, 2.05) is 0 Å². The Labute approximate surface area is 110 Å². The molecule has 2 rings (SSSR count). The molecule has 1 saturated carbocycles. The van der Waals surface area contributed by atoms with Gasteiger partial charge in [0.25, 0.3) is 5.91 Å². The second-order valence-corrected chi connectivity index (χ2v) is 4.96. The quantitative estimate of drug-likeness (QED) is 0.384. The highest BCUT2D eigenvalue weighted by molar-refractivity contribution is 6.38. The molecule has 3 amide bonds. The summed E-state index contributed by atoms with van der Waals surface area (Å²) in [5.41, 5.74) is 0. The van der Waals surface area contributed by atoms with Gasteiger partial charge in [0.15, 0.2) is 0 Å². The first kappa shape index (κ1) is 13.5. The van der Waals surface area contributed by atoms with E-state index in [4.69, 9.17) is 0 Å². The second kappa shape index (κ2) is 5.81. The summed E-state index contributed by atoms with van der Waals surface area (Å²) in [5, 5.41) is 7.58. The monoisotopic (exact) mass is 267 g/mol. The molecule has 0 aromatic heterocycles. The third-order valence-electron chi connectivity index (χ3n) is 3.41. The Bertz CT molecular complexity index is 406. The minimum absolute atomic E-state index is 0.0862. The standard InChI is InChI=1S/C12H17N3O4/c16-6-14-9(5-7-3-4-13-11(7)18)10(17)12(19)15-8-1-2-8/h6-9H,1-5H2,(H,13,18)(H,14,16)(H,15,19)/t7-,9-/m0/s1. The Morgan fingerprint density at radius 1 is 1.37 bits per heavy atom. The van der Waals surface area contributed by atoms with Crippen molar-refractivity contribution in [3.8, 4) is 0 Å². The number of ketones is 1. The normalized spacial score (nSPS) is 23.4. The lowest BCUT2D eigenvalue weighted by molar-refractivity contribution is -0.140. The van der Waals surface area contributed by atoms with E-state index in [-0.39, 0.29) is 24.3 Å². The van der Waals surface area contributed by atoms with Crippen LogP contribution in [0.2, 0.25) is 0 Å². The summed E-state index contributed by atoms with van der Waals surface area (Å²) in [6.07, 6.45) is 2.94. The molecule has 0 unspecified atom stereocenters. The maximum absolute atomic E-state index is 11.9. The molecule has 0 spiro atoms. The first-order chi connectivity index (χ1) is 9.11. The summed E-state index contributed by atoms with van der Waals surface area (Å²) >= 11 is 0. The van der Waals surface area contributed by atoms with Crippen LogP contribution in [0.25, 0.3) is 0 Å². The van der Waals surface area contributed by atoms with Gasteiger partial charge >= 0.3 is 0 Å². The molecule has 7 nitrogen and oxygen atoms in total. The Morgan fingerprint density at radius 2 is 2.11 bits per heavy atom. The van der Waals surface area contributed by atoms with E-state index in [9.17, 15) is 19.2 Å². The van der Waals surface area contributed by atoms with Crippen molar-refractivity contribution in [3.05, 3.63) is 0 Å². The molecule has 1 heterocycles. The van der Waals surface area contributed by atoms with Gasteiger partial charge < -0.3 is 16.0 Å². The topological polar surface area (TPSA) is 104 Å². The summed E-state index contributed by atoms with van der Waals surface area (Å²) in [6.45, 7) is 0.569. The van der Waals surface area contributed by atoms with Gasteiger partial charge in [-0.15, -0.1) is 0 Å². The number of nitrogens with one attached hydrogen (secondary N) is 3. The Morgan fingerprint density at radius 3 is 2.63 bits per heavy atom. The van der Waals surface area contributed by atoms with Crippen molar-refractivity contribution in [1.82, 2.24) is 16.0 Å². The fourth-order valence-corrected chi connectivity index (χ4v) is 2.13. The molecule has 0 aromatic carbocycles. The minimum Gasteiger partial charge on any atom is -0.356 e. The Hall–Kier alpha value is -1.92. The van der Waals surface area contributed by atoms with Crippen molar-refractivity contribution in [2.45, 2.75) is 37.8 Å². The van der Waals surface area contributed by atoms with Crippen molar-refractivity contribution in [2.75, 3.05) is 6.54 Å². The van der Waals surface area contributed by atoms with Gasteiger partial charge in [-0.1, -0.05) is 0 Å². The van der Waals surface area contributed by atoms with E-state index in [1.54, 1.807) is 0 Å². The molecular weight excluding hydrogens is 250 g/mol. The van der Waals surface area contributed by atoms with E-state index in [0.29, 0.717) is 19.4 Å². The molecule has 2 aliphatic rings. The lowest BCUT2D eigenvalue weighted by atomic mass is 9.95. The number of amides is 3. The van der Waals surface area contributed by atoms with Gasteiger partial charge in [0.05, 0.1) is 6.04 Å². The zero-order valence-corrected chi connectivity index (χ0v) is 10.5. The van der Waals surface area contributed by atoms with Crippen LogP contribution in [0, 0.1) is 5.92 Å². The molecule has 19 heavy (non-hydrogen) atoms. The molecule has 104 valence electrons. The van der Waals surface area contributed by atoms with Crippen LogP contribution in [0.1, 0.15) is 25.7 Å². The van der Waals surface area contributed by atoms with Gasteiger partial charge in [0.1, 0.15) is 0 Å². The SMILES string of the molecule is O=CN[C@@H](C[C@@H]1CCNC1=O)C(=O)C(=O)NC1CC1. The van der Waals surface area contributed by atoms with Crippen molar-refractivity contribution in [3.63, 3.8) is 0 Å². The lowest BCUT2D eigenvalue weighted by Crippen LogP contribution is -2.46. The Balaban J connectivity index is 1.93. The third-order valence-corrected chi connectivity index (χ3v) is 3.41. The smallest absolute Gasteiger partial charge is 0.289 e. The largest absolute Gasteiger partial charge is 0.356 e. The number of hydrogen-bond donors (Lipinski definition) is 3. The second-order valence-electron chi connectivity index (χ2n) is 4.96. The summed E-state index contributed by atoms with van der Waals surface area (Å²) in [4.78, 5) is 45.6. The molecule has 1 aliphatic heterocycles. The van der Waals surface area contributed by atoms with Crippen LogP contribution >= 0.6 is 0 Å². The molecule has 7 heteroatoms. The van der Waals surface area contributed by atoms with Crippen LogP contribution in [-0.4, -0.2) is 42.6 Å². The summed E-state index contributed by atoms with van der Waals surface area (Å²) in [6, 6.07) is -0.840. The first-order valence-corrected chi connectivity index (χ1v) is 6.44. The fourth-order valence-electron chi connectivity index (χ4n) is 2.13. The third kappa shape index (κ3) is 3.52. The van der Waals surface area contributed by atoms with E-state index in [0.717, 1.165) is 12.8 Å². The summed E-state index contributed by atoms with van der Waals surface area (Å²) in [7, 11) is 0. The molecule has 0 radical (unpaired) electrons. The van der Waals surface area contributed by atoms with Crippen LogP contribution in [0.15, 0.2) is 0 Å². The van der Waals surface area contributed by atoms with Crippen molar-refractivity contribution in [2.24, 2.45) is 5.92 Å². The molecule has 1 saturated heterocycles. The first-order valence-electron chi connectivity index (χ1n) is 6.44. The van der Waals surface area contributed by atoms with Gasteiger partial charge in [-0.2, -0.15) is 0 Å². The van der Waals surface area contributed by atoms with Crippen LogP contribution < -0.4 is 16.0 Å². The molecular formula is C12H17N3O4. The lowest BCUT2D eigenvalue weighted by Gasteiger charge is -2.17. The van der Waals surface area contributed by atoms with Crippen LogP contribution in [0.4, 0.5) is 0 Å². The van der Waals surface area contributed by atoms with Crippen molar-refractivity contribution >= 4 is 24.0 Å². The van der Waals surface area contributed by atoms with Gasteiger partial charge in [0, 0.05) is 18.5 Å². The predicted molar refractivity (Wildman–Crippen MR) is 64.9 cm³/mol. The van der Waals surface area contributed by atoms with Crippen LogP contribution in [0.3, 0.4) is 0 Å². The number of rotatable bonds is 7. The van der Waals surface area contributed by atoms with Gasteiger partial charge in [-0.05, 0) is 25.7 Å². The van der Waals surface area contributed by atoms with E-state index >= 15 is 0 Å². The molecule has 1 aliphatic carbocycles.